The Morgan fingerprint density at radius 3 is 1.75 bits per heavy atom. The maximum Gasteiger partial charge on any atom is 0.119 e. The van der Waals surface area contributed by atoms with Crippen molar-refractivity contribution < 1.29 is 5.11 Å². The first-order chi connectivity index (χ1) is 7.77. The van der Waals surface area contributed by atoms with Gasteiger partial charge in [0.05, 0.1) is 0 Å². The predicted octanol–water partition coefficient (Wildman–Crippen LogP) is 3.13. The molecule has 0 bridgehead atoms. The summed E-state index contributed by atoms with van der Waals surface area (Å²) >= 11 is 0. The minimum atomic E-state index is -0.923. The molecular formula is C15H13O. The van der Waals surface area contributed by atoms with Crippen molar-refractivity contribution in [2.75, 3.05) is 0 Å². The molecule has 79 valence electrons. The molecule has 1 aliphatic carbocycles. The lowest BCUT2D eigenvalue weighted by Gasteiger charge is -2.23. The lowest BCUT2D eigenvalue weighted by molar-refractivity contribution is 0.122. The summed E-state index contributed by atoms with van der Waals surface area (Å²) in [4.78, 5) is 0. The zero-order valence-electron chi connectivity index (χ0n) is 9.14. The second-order valence-corrected chi connectivity index (χ2v) is 4.15. The monoisotopic (exact) mass is 209 g/mol. The SMILES string of the molecule is C[CH]C1(O)c2ccccc2-c2ccccc21. The summed E-state index contributed by atoms with van der Waals surface area (Å²) in [7, 11) is 0. The summed E-state index contributed by atoms with van der Waals surface area (Å²) < 4.78 is 0. The first-order valence-corrected chi connectivity index (χ1v) is 5.49. The van der Waals surface area contributed by atoms with E-state index in [2.05, 4.69) is 12.1 Å². The Hall–Kier alpha value is -1.60. The van der Waals surface area contributed by atoms with Crippen LogP contribution in [0.15, 0.2) is 48.5 Å². The Kier molecular flexibility index (Phi) is 1.92. The fraction of sp³-hybridized carbons (Fsp3) is 0.133. The second-order valence-electron chi connectivity index (χ2n) is 4.15. The normalized spacial score (nSPS) is 15.6. The van der Waals surface area contributed by atoms with E-state index in [-0.39, 0.29) is 0 Å². The smallest absolute Gasteiger partial charge is 0.119 e. The zero-order chi connectivity index (χ0) is 11.2. The molecule has 0 aliphatic heterocycles. The van der Waals surface area contributed by atoms with Crippen LogP contribution in [0, 0.1) is 6.42 Å². The molecule has 1 nitrogen and oxygen atoms in total. The van der Waals surface area contributed by atoms with Crippen molar-refractivity contribution >= 4 is 0 Å². The molecule has 2 aromatic carbocycles. The van der Waals surface area contributed by atoms with Gasteiger partial charge in [-0.15, -0.1) is 0 Å². The van der Waals surface area contributed by atoms with Crippen LogP contribution in [0.5, 0.6) is 0 Å². The maximum atomic E-state index is 10.7. The van der Waals surface area contributed by atoms with Crippen LogP contribution in [0.25, 0.3) is 11.1 Å². The van der Waals surface area contributed by atoms with Crippen LogP contribution in [0.3, 0.4) is 0 Å². The van der Waals surface area contributed by atoms with Crippen molar-refractivity contribution in [3.8, 4) is 11.1 Å². The summed E-state index contributed by atoms with van der Waals surface area (Å²) in [5.41, 5.74) is 3.32. The summed E-state index contributed by atoms with van der Waals surface area (Å²) in [6, 6.07) is 16.1. The lowest BCUT2D eigenvalue weighted by Crippen LogP contribution is -2.23. The average molecular weight is 209 g/mol. The number of hydrogen-bond donors (Lipinski definition) is 1. The molecule has 3 rings (SSSR count). The molecule has 1 heteroatoms. The van der Waals surface area contributed by atoms with Gasteiger partial charge in [-0.3, -0.25) is 0 Å². The quantitative estimate of drug-likeness (QED) is 0.765. The standard InChI is InChI=1S/C15H13O/c1-2-15(16)13-9-5-3-7-11(13)12-8-4-6-10-14(12)15/h2-10,16H,1H3. The third-order valence-electron chi connectivity index (χ3n) is 3.38. The zero-order valence-corrected chi connectivity index (χ0v) is 9.14. The molecule has 0 atom stereocenters. The van der Waals surface area contributed by atoms with Crippen molar-refractivity contribution in [1.82, 2.24) is 0 Å². The van der Waals surface area contributed by atoms with Gasteiger partial charge < -0.3 is 5.11 Å². The van der Waals surface area contributed by atoms with E-state index in [1.54, 1.807) is 0 Å². The van der Waals surface area contributed by atoms with Gasteiger partial charge in [-0.25, -0.2) is 0 Å². The Balaban J connectivity index is 2.39. The third-order valence-corrected chi connectivity index (χ3v) is 3.38. The summed E-state index contributed by atoms with van der Waals surface area (Å²) in [5.74, 6) is 0. The van der Waals surface area contributed by atoms with E-state index < -0.39 is 5.60 Å². The fourth-order valence-corrected chi connectivity index (χ4v) is 2.56. The highest BCUT2D eigenvalue weighted by Gasteiger charge is 2.39. The van der Waals surface area contributed by atoms with Gasteiger partial charge in [0.1, 0.15) is 5.60 Å². The maximum absolute atomic E-state index is 10.7. The number of aliphatic hydroxyl groups is 1. The molecule has 0 fully saturated rings. The van der Waals surface area contributed by atoms with Crippen molar-refractivity contribution in [2.24, 2.45) is 0 Å². The molecule has 0 saturated heterocycles. The molecule has 1 N–H and O–H groups in total. The van der Waals surface area contributed by atoms with Crippen molar-refractivity contribution in [3.05, 3.63) is 66.1 Å². The molecule has 0 saturated carbocycles. The highest BCUT2D eigenvalue weighted by Crippen LogP contribution is 2.48. The third kappa shape index (κ3) is 1.04. The molecule has 1 radical (unpaired) electrons. The van der Waals surface area contributed by atoms with Gasteiger partial charge in [-0.05, 0) is 28.7 Å². The van der Waals surface area contributed by atoms with E-state index in [0.29, 0.717) is 0 Å². The number of benzene rings is 2. The Labute approximate surface area is 95.4 Å². The minimum absolute atomic E-state index is 0.923. The van der Waals surface area contributed by atoms with Gasteiger partial charge in [0.2, 0.25) is 0 Å². The van der Waals surface area contributed by atoms with Crippen molar-refractivity contribution in [1.29, 1.82) is 0 Å². The number of fused-ring (bicyclic) bond motifs is 3. The molecule has 0 heterocycles. The molecular weight excluding hydrogens is 196 g/mol. The highest BCUT2D eigenvalue weighted by atomic mass is 16.3. The molecule has 2 aromatic rings. The van der Waals surface area contributed by atoms with E-state index in [1.807, 2.05) is 49.7 Å². The summed E-state index contributed by atoms with van der Waals surface area (Å²) in [6.45, 7) is 1.90. The highest BCUT2D eigenvalue weighted by molar-refractivity contribution is 5.80. The molecule has 0 unspecified atom stereocenters. The minimum Gasteiger partial charge on any atom is -0.380 e. The lowest BCUT2D eigenvalue weighted by atomic mass is 9.89. The average Bonchev–Trinajstić information content (AvgIpc) is 2.62. The topological polar surface area (TPSA) is 20.2 Å². The molecule has 16 heavy (non-hydrogen) atoms. The van der Waals surface area contributed by atoms with Gasteiger partial charge in [0.25, 0.3) is 0 Å². The first kappa shape index (κ1) is 9.61. The Morgan fingerprint density at radius 1 is 0.875 bits per heavy atom. The van der Waals surface area contributed by atoms with Gasteiger partial charge in [0.15, 0.2) is 0 Å². The van der Waals surface area contributed by atoms with Crippen LogP contribution in [-0.2, 0) is 5.60 Å². The van der Waals surface area contributed by atoms with Crippen LogP contribution in [0.2, 0.25) is 0 Å². The molecule has 0 amide bonds. The number of hydrogen-bond acceptors (Lipinski definition) is 1. The van der Waals surface area contributed by atoms with E-state index in [1.165, 1.54) is 0 Å². The van der Waals surface area contributed by atoms with Crippen LogP contribution in [0.4, 0.5) is 0 Å². The summed E-state index contributed by atoms with van der Waals surface area (Å²) in [5, 5.41) is 10.7. The predicted molar refractivity (Wildman–Crippen MR) is 64.9 cm³/mol. The molecule has 0 spiro atoms. The largest absolute Gasteiger partial charge is 0.380 e. The van der Waals surface area contributed by atoms with Gasteiger partial charge in [0, 0.05) is 0 Å². The number of rotatable bonds is 1. The van der Waals surface area contributed by atoms with Crippen LogP contribution in [0.1, 0.15) is 18.1 Å². The second kappa shape index (κ2) is 3.19. The van der Waals surface area contributed by atoms with E-state index >= 15 is 0 Å². The Bertz CT molecular complexity index is 497. The van der Waals surface area contributed by atoms with E-state index in [9.17, 15) is 5.11 Å². The van der Waals surface area contributed by atoms with Gasteiger partial charge in [-0.2, -0.15) is 0 Å². The fourth-order valence-electron chi connectivity index (χ4n) is 2.56. The van der Waals surface area contributed by atoms with E-state index in [4.69, 9.17) is 0 Å². The summed E-state index contributed by atoms with van der Waals surface area (Å²) in [6.07, 6.45) is 1.86. The van der Waals surface area contributed by atoms with Crippen LogP contribution >= 0.6 is 0 Å². The van der Waals surface area contributed by atoms with Gasteiger partial charge >= 0.3 is 0 Å². The van der Waals surface area contributed by atoms with E-state index in [0.717, 1.165) is 22.3 Å². The Morgan fingerprint density at radius 2 is 1.31 bits per heavy atom. The van der Waals surface area contributed by atoms with Crippen molar-refractivity contribution in [2.45, 2.75) is 12.5 Å². The molecule has 1 aliphatic rings. The van der Waals surface area contributed by atoms with Crippen LogP contribution in [-0.4, -0.2) is 5.11 Å². The molecule has 0 aromatic heterocycles. The first-order valence-electron chi connectivity index (χ1n) is 5.49. The van der Waals surface area contributed by atoms with Crippen LogP contribution < -0.4 is 0 Å². The van der Waals surface area contributed by atoms with Gasteiger partial charge in [-0.1, -0.05) is 55.5 Å². The van der Waals surface area contributed by atoms with Crippen molar-refractivity contribution in [3.63, 3.8) is 0 Å².